The molecule has 0 bridgehead atoms. The summed E-state index contributed by atoms with van der Waals surface area (Å²) in [6, 6.07) is 6.44. The fraction of sp³-hybridized carbons (Fsp3) is 0. The van der Waals surface area contributed by atoms with E-state index < -0.39 is 11.7 Å². The molecule has 1 aromatic heterocycles. The lowest BCUT2D eigenvalue weighted by Gasteiger charge is -2.08. The van der Waals surface area contributed by atoms with Gasteiger partial charge < -0.3 is 5.32 Å². The van der Waals surface area contributed by atoms with Gasteiger partial charge in [-0.1, -0.05) is 11.6 Å². The molecule has 98 valence electrons. The van der Waals surface area contributed by atoms with E-state index in [4.69, 9.17) is 16.8 Å². The highest BCUT2D eigenvalue weighted by atomic mass is 35.5. The first-order valence-corrected chi connectivity index (χ1v) is 5.60. The molecule has 0 fully saturated rings. The Morgan fingerprint density at radius 2 is 2.11 bits per heavy atom. The van der Waals surface area contributed by atoms with Crippen molar-refractivity contribution in [2.45, 2.75) is 0 Å². The van der Waals surface area contributed by atoms with E-state index in [9.17, 15) is 9.18 Å². The van der Waals surface area contributed by atoms with Crippen LogP contribution in [-0.4, -0.2) is 16.1 Å². The zero-order valence-corrected chi connectivity index (χ0v) is 10.3. The molecule has 2 aromatic rings. The van der Waals surface area contributed by atoms with Crippen LogP contribution in [-0.2, 0) is 0 Å². The number of nitrogens with zero attached hydrogens (tertiary/aromatic N) is 1. The number of carbonyl (C=O) groups is 1. The molecular weight excluding hydrogens is 273 g/mol. The maximum atomic E-state index is 13.1. The monoisotopic (exact) mass is 281 g/mol. The minimum absolute atomic E-state index is 0.0424. The van der Waals surface area contributed by atoms with Crippen molar-refractivity contribution < 1.29 is 14.4 Å². The molecule has 2 rings (SSSR count). The second-order valence-electron chi connectivity index (χ2n) is 3.62. The summed E-state index contributed by atoms with van der Waals surface area (Å²) in [6.45, 7) is 0. The number of carbonyl (C=O) groups excluding carboxylic acids is 1. The maximum absolute atomic E-state index is 13.1. The van der Waals surface area contributed by atoms with Crippen LogP contribution in [0.4, 0.5) is 15.9 Å². The average Bonchev–Trinajstić information content (AvgIpc) is 2.41. The lowest BCUT2D eigenvalue weighted by molar-refractivity contribution is 0.102. The van der Waals surface area contributed by atoms with E-state index in [1.807, 2.05) is 5.48 Å². The summed E-state index contributed by atoms with van der Waals surface area (Å²) in [5, 5.41) is 11.8. The Hall–Kier alpha value is -2.18. The smallest absolute Gasteiger partial charge is 0.259 e. The molecule has 0 atom stereocenters. The first kappa shape index (κ1) is 13.3. The van der Waals surface area contributed by atoms with Gasteiger partial charge >= 0.3 is 0 Å². The number of rotatable bonds is 3. The van der Waals surface area contributed by atoms with Crippen molar-refractivity contribution in [3.63, 3.8) is 0 Å². The number of hydrogen-bond acceptors (Lipinski definition) is 4. The van der Waals surface area contributed by atoms with Crippen LogP contribution in [0.5, 0.6) is 0 Å². The normalized spacial score (nSPS) is 10.1. The van der Waals surface area contributed by atoms with Gasteiger partial charge in [0.25, 0.3) is 5.91 Å². The van der Waals surface area contributed by atoms with Gasteiger partial charge in [-0.3, -0.25) is 15.5 Å². The third-order valence-corrected chi connectivity index (χ3v) is 2.54. The number of pyridine rings is 1. The van der Waals surface area contributed by atoms with Gasteiger partial charge in [0.1, 0.15) is 11.6 Å². The Kier molecular flexibility index (Phi) is 3.94. The van der Waals surface area contributed by atoms with Crippen LogP contribution in [0.25, 0.3) is 0 Å². The van der Waals surface area contributed by atoms with E-state index in [1.165, 1.54) is 18.3 Å². The van der Waals surface area contributed by atoms with E-state index in [0.717, 1.165) is 12.1 Å². The summed E-state index contributed by atoms with van der Waals surface area (Å²) in [5.41, 5.74) is 1.88. The quantitative estimate of drug-likeness (QED) is 0.756. The van der Waals surface area contributed by atoms with Gasteiger partial charge in [-0.2, -0.15) is 0 Å². The molecule has 0 aliphatic rings. The standard InChI is InChI=1S/C12H9ClFN3O2/c13-7-1-4-11(15-6-7)16-12(18)9-5-8(14)2-3-10(9)17-19/h1-6,17,19H,(H,15,16,18). The molecule has 0 saturated heterocycles. The molecule has 1 heterocycles. The number of aromatic nitrogens is 1. The molecule has 0 saturated carbocycles. The largest absolute Gasteiger partial charge is 0.306 e. The first-order valence-electron chi connectivity index (χ1n) is 5.22. The number of hydrogen-bond donors (Lipinski definition) is 3. The zero-order chi connectivity index (χ0) is 13.8. The van der Waals surface area contributed by atoms with Gasteiger partial charge in [-0.05, 0) is 30.3 Å². The van der Waals surface area contributed by atoms with Crippen molar-refractivity contribution in [1.82, 2.24) is 4.98 Å². The lowest BCUT2D eigenvalue weighted by Crippen LogP contribution is -2.15. The van der Waals surface area contributed by atoms with Gasteiger partial charge in [0.2, 0.25) is 0 Å². The Labute approximate surface area is 113 Å². The highest BCUT2D eigenvalue weighted by Gasteiger charge is 2.13. The predicted octanol–water partition coefficient (Wildman–Crippen LogP) is 2.93. The molecule has 19 heavy (non-hydrogen) atoms. The minimum Gasteiger partial charge on any atom is -0.306 e. The van der Waals surface area contributed by atoms with E-state index >= 15 is 0 Å². The fourth-order valence-electron chi connectivity index (χ4n) is 1.44. The van der Waals surface area contributed by atoms with Gasteiger partial charge in [-0.15, -0.1) is 0 Å². The van der Waals surface area contributed by atoms with E-state index in [2.05, 4.69) is 10.3 Å². The van der Waals surface area contributed by atoms with Crippen molar-refractivity contribution in [2.75, 3.05) is 10.8 Å². The molecule has 0 aliphatic carbocycles. The lowest BCUT2D eigenvalue weighted by atomic mass is 10.1. The van der Waals surface area contributed by atoms with Crippen LogP contribution >= 0.6 is 11.6 Å². The number of nitrogens with one attached hydrogen (secondary N) is 2. The third-order valence-electron chi connectivity index (χ3n) is 2.32. The summed E-state index contributed by atoms with van der Waals surface area (Å²) >= 11 is 5.67. The molecule has 1 amide bonds. The Morgan fingerprint density at radius 1 is 1.32 bits per heavy atom. The van der Waals surface area contributed by atoms with Crippen molar-refractivity contribution in [2.24, 2.45) is 0 Å². The molecule has 7 heteroatoms. The second-order valence-corrected chi connectivity index (χ2v) is 4.05. The molecule has 0 unspecified atom stereocenters. The fourth-order valence-corrected chi connectivity index (χ4v) is 1.55. The molecule has 1 aromatic carbocycles. The number of anilines is 2. The van der Waals surface area contributed by atoms with Crippen LogP contribution in [0.15, 0.2) is 36.5 Å². The summed E-state index contributed by atoms with van der Waals surface area (Å²) in [4.78, 5) is 15.8. The van der Waals surface area contributed by atoms with Crippen LogP contribution in [0.2, 0.25) is 5.02 Å². The SMILES string of the molecule is O=C(Nc1ccc(Cl)cn1)c1cc(F)ccc1NO. The Bertz CT molecular complexity index is 604. The summed E-state index contributed by atoms with van der Waals surface area (Å²) in [7, 11) is 0. The molecule has 5 nitrogen and oxygen atoms in total. The first-order chi connectivity index (χ1) is 9.10. The van der Waals surface area contributed by atoms with Crippen LogP contribution in [0, 0.1) is 5.82 Å². The van der Waals surface area contributed by atoms with Crippen molar-refractivity contribution in [3.8, 4) is 0 Å². The zero-order valence-electron chi connectivity index (χ0n) is 9.52. The van der Waals surface area contributed by atoms with E-state index in [1.54, 1.807) is 6.07 Å². The highest BCUT2D eigenvalue weighted by molar-refractivity contribution is 6.30. The van der Waals surface area contributed by atoms with Crippen molar-refractivity contribution in [1.29, 1.82) is 0 Å². The minimum atomic E-state index is -0.606. The summed E-state index contributed by atoms with van der Waals surface area (Å²) in [5.74, 6) is -0.929. The maximum Gasteiger partial charge on any atom is 0.259 e. The van der Waals surface area contributed by atoms with Crippen LogP contribution in [0.3, 0.4) is 0 Å². The van der Waals surface area contributed by atoms with Gasteiger partial charge in [0, 0.05) is 6.20 Å². The van der Waals surface area contributed by atoms with Crippen molar-refractivity contribution in [3.05, 3.63) is 52.9 Å². The number of halogens is 2. The highest BCUT2D eigenvalue weighted by Crippen LogP contribution is 2.18. The van der Waals surface area contributed by atoms with Crippen LogP contribution < -0.4 is 10.8 Å². The summed E-state index contributed by atoms with van der Waals surface area (Å²) in [6.07, 6.45) is 1.37. The van der Waals surface area contributed by atoms with Crippen LogP contribution in [0.1, 0.15) is 10.4 Å². The topological polar surface area (TPSA) is 74.2 Å². The predicted molar refractivity (Wildman–Crippen MR) is 69.0 cm³/mol. The molecule has 0 aliphatic heterocycles. The molecule has 0 spiro atoms. The Morgan fingerprint density at radius 3 is 2.74 bits per heavy atom. The summed E-state index contributed by atoms with van der Waals surface area (Å²) < 4.78 is 13.1. The second kappa shape index (κ2) is 5.64. The Balaban J connectivity index is 2.24. The van der Waals surface area contributed by atoms with Gasteiger partial charge in [0.15, 0.2) is 0 Å². The molecule has 0 radical (unpaired) electrons. The van der Waals surface area contributed by atoms with Gasteiger partial charge in [0.05, 0.1) is 16.3 Å². The van der Waals surface area contributed by atoms with Crippen molar-refractivity contribution >= 4 is 29.0 Å². The van der Waals surface area contributed by atoms with E-state index in [0.29, 0.717) is 5.02 Å². The van der Waals surface area contributed by atoms with Gasteiger partial charge in [-0.25, -0.2) is 9.37 Å². The molecule has 3 N–H and O–H groups in total. The number of amides is 1. The average molecular weight is 282 g/mol. The van der Waals surface area contributed by atoms with E-state index in [-0.39, 0.29) is 17.1 Å². The third kappa shape index (κ3) is 3.18. The molecular formula is C12H9ClFN3O2. The number of benzene rings is 1.